The largest absolute Gasteiger partial charge is 0.317 e. The summed E-state index contributed by atoms with van der Waals surface area (Å²) < 4.78 is 1.92. The van der Waals surface area contributed by atoms with Crippen LogP contribution >= 0.6 is 11.8 Å². The Labute approximate surface area is 211 Å². The van der Waals surface area contributed by atoms with E-state index in [9.17, 15) is 14.9 Å². The summed E-state index contributed by atoms with van der Waals surface area (Å²) in [4.78, 5) is 28.0. The van der Waals surface area contributed by atoms with Crippen LogP contribution in [0.25, 0.3) is 11.8 Å². The Hall–Kier alpha value is -4.31. The molecule has 0 aliphatic carbocycles. The van der Waals surface area contributed by atoms with Gasteiger partial charge in [-0.25, -0.2) is 0 Å². The molecule has 2 aromatic carbocycles. The normalized spacial score (nSPS) is 16.3. The highest BCUT2D eigenvalue weighted by molar-refractivity contribution is 8.26. The molecule has 0 radical (unpaired) electrons. The van der Waals surface area contributed by atoms with Crippen molar-refractivity contribution >= 4 is 45.5 Å². The van der Waals surface area contributed by atoms with Crippen LogP contribution in [0.15, 0.2) is 70.3 Å². The number of nitrogens with one attached hydrogen (secondary N) is 1. The smallest absolute Gasteiger partial charge is 0.283 e. The average molecular weight is 499 g/mol. The van der Waals surface area contributed by atoms with Crippen LogP contribution in [0.3, 0.4) is 0 Å². The fourth-order valence-corrected chi connectivity index (χ4v) is 5.21. The second-order valence-corrected chi connectivity index (χ2v) is 9.61. The maximum atomic E-state index is 12.9. The van der Waals surface area contributed by atoms with E-state index in [2.05, 4.69) is 10.1 Å². The molecule has 1 N–H and O–H groups in total. The Balaban J connectivity index is 1.49. The Kier molecular flexibility index (Phi) is 5.89. The number of benzene rings is 2. The van der Waals surface area contributed by atoms with Crippen molar-refractivity contribution in [2.45, 2.75) is 27.2 Å². The van der Waals surface area contributed by atoms with Gasteiger partial charge in [0.1, 0.15) is 5.04 Å². The third kappa shape index (κ3) is 4.16. The van der Waals surface area contributed by atoms with Crippen molar-refractivity contribution in [3.05, 3.63) is 98.4 Å². The van der Waals surface area contributed by atoms with E-state index >= 15 is 0 Å². The van der Waals surface area contributed by atoms with Crippen LogP contribution in [0.4, 0.5) is 5.69 Å². The molecule has 10 heteroatoms. The van der Waals surface area contributed by atoms with Gasteiger partial charge < -0.3 is 4.57 Å². The molecule has 3 aromatic rings. The first-order chi connectivity index (χ1) is 17.2. The molecule has 36 heavy (non-hydrogen) atoms. The number of aliphatic imine (C=N–C) groups is 1. The van der Waals surface area contributed by atoms with E-state index in [4.69, 9.17) is 5.41 Å². The molecule has 0 spiro atoms. The number of hydrazone groups is 1. The topological polar surface area (TPSA) is 117 Å². The number of carbonyl (C=O) groups is 1. The first-order valence-corrected chi connectivity index (χ1v) is 12.0. The molecular weight excluding hydrogens is 476 g/mol. The third-order valence-corrected chi connectivity index (χ3v) is 7.02. The molecule has 3 heterocycles. The number of thioether (sulfide) groups is 1. The molecule has 0 atom stereocenters. The lowest BCUT2D eigenvalue weighted by Gasteiger charge is -2.20. The average Bonchev–Trinajstić information content (AvgIpc) is 3.37. The monoisotopic (exact) mass is 498 g/mol. The number of hydrogen-bond acceptors (Lipinski definition) is 6. The lowest BCUT2D eigenvalue weighted by atomic mass is 10.1. The van der Waals surface area contributed by atoms with E-state index in [1.165, 1.54) is 22.8 Å². The molecular formula is C26H22N6O3S. The Bertz CT molecular complexity index is 1530. The summed E-state index contributed by atoms with van der Waals surface area (Å²) in [5.41, 5.74) is 5.17. The molecule has 0 bridgehead atoms. The molecule has 5 rings (SSSR count). The van der Waals surface area contributed by atoms with Crippen molar-refractivity contribution < 1.29 is 9.72 Å². The summed E-state index contributed by atoms with van der Waals surface area (Å²) in [7, 11) is 0. The number of nitrogens with zero attached hydrogens (tertiary/aromatic N) is 5. The SMILES string of the molecule is Cc1ccc([N+](=O)[O-])cc1-n1c(C)cc(C=C2C(=N)N3N=C(Cc4ccccc4)SC3=NC2=O)c1C. The van der Waals surface area contributed by atoms with E-state index in [0.717, 1.165) is 33.1 Å². The number of non-ortho nitro benzene ring substituents is 1. The van der Waals surface area contributed by atoms with E-state index < -0.39 is 10.8 Å². The first-order valence-electron chi connectivity index (χ1n) is 11.2. The quantitative estimate of drug-likeness (QED) is 0.296. The number of aryl methyl sites for hydroxylation is 2. The summed E-state index contributed by atoms with van der Waals surface area (Å²) >= 11 is 1.30. The number of nitro groups is 1. The number of rotatable bonds is 5. The fourth-order valence-electron chi connectivity index (χ4n) is 4.29. The maximum absolute atomic E-state index is 12.9. The van der Waals surface area contributed by atoms with Crippen molar-refractivity contribution in [3.63, 3.8) is 0 Å². The number of amidine groups is 2. The van der Waals surface area contributed by atoms with Gasteiger partial charge in [0.15, 0.2) is 5.84 Å². The minimum atomic E-state index is -0.494. The van der Waals surface area contributed by atoms with Gasteiger partial charge >= 0.3 is 0 Å². The predicted octanol–water partition coefficient (Wildman–Crippen LogP) is 5.17. The molecule has 0 unspecified atom stereocenters. The minimum absolute atomic E-state index is 0.00445. The van der Waals surface area contributed by atoms with Crippen LogP contribution in [-0.4, -0.2) is 36.5 Å². The predicted molar refractivity (Wildman–Crippen MR) is 142 cm³/mol. The van der Waals surface area contributed by atoms with Crippen molar-refractivity contribution in [3.8, 4) is 5.69 Å². The van der Waals surface area contributed by atoms with Crippen LogP contribution in [0.2, 0.25) is 0 Å². The Morgan fingerprint density at radius 1 is 1.11 bits per heavy atom. The van der Waals surface area contributed by atoms with E-state index in [-0.39, 0.29) is 17.1 Å². The number of hydrogen-bond donors (Lipinski definition) is 1. The zero-order valence-corrected chi connectivity index (χ0v) is 20.7. The molecule has 2 aliphatic heterocycles. The molecule has 2 aliphatic rings. The summed E-state index contributed by atoms with van der Waals surface area (Å²) in [5, 5.41) is 27.1. The minimum Gasteiger partial charge on any atom is -0.317 e. The number of carbonyl (C=O) groups excluding carboxylic acids is 1. The van der Waals surface area contributed by atoms with Crippen LogP contribution < -0.4 is 0 Å². The van der Waals surface area contributed by atoms with Gasteiger partial charge in [0.25, 0.3) is 11.6 Å². The van der Waals surface area contributed by atoms with Crippen LogP contribution in [0.1, 0.15) is 28.1 Å². The molecule has 0 saturated heterocycles. The molecule has 0 fully saturated rings. The first kappa shape index (κ1) is 23.4. The van der Waals surface area contributed by atoms with Crippen molar-refractivity contribution in [2.75, 3.05) is 0 Å². The molecule has 180 valence electrons. The fraction of sp³-hybridized carbons (Fsp3) is 0.154. The summed E-state index contributed by atoms with van der Waals surface area (Å²) in [6.07, 6.45) is 2.23. The van der Waals surface area contributed by atoms with Crippen molar-refractivity contribution in [2.24, 2.45) is 10.1 Å². The Morgan fingerprint density at radius 2 is 1.86 bits per heavy atom. The van der Waals surface area contributed by atoms with Crippen LogP contribution in [0.5, 0.6) is 0 Å². The van der Waals surface area contributed by atoms with Gasteiger partial charge in [-0.15, -0.1) is 0 Å². The van der Waals surface area contributed by atoms with Gasteiger partial charge in [-0.2, -0.15) is 15.1 Å². The zero-order chi connectivity index (χ0) is 25.6. The number of amides is 1. The summed E-state index contributed by atoms with van der Waals surface area (Å²) in [6.45, 7) is 5.67. The number of fused-ring (bicyclic) bond motifs is 1. The maximum Gasteiger partial charge on any atom is 0.283 e. The third-order valence-electron chi connectivity index (χ3n) is 6.11. The van der Waals surface area contributed by atoms with Crippen LogP contribution in [0, 0.1) is 36.3 Å². The lowest BCUT2D eigenvalue weighted by molar-refractivity contribution is -0.384. The standard InChI is InChI=1S/C26H22N6O3S/c1-15-9-10-20(32(34)35)14-22(15)30-16(2)11-19(17(30)3)13-21-24(27)31-26(28-25(21)33)36-23(29-31)12-18-7-5-4-6-8-18/h4-11,13-14,27H,12H2,1-3H3. The highest BCUT2D eigenvalue weighted by atomic mass is 32.2. The van der Waals surface area contributed by atoms with Gasteiger partial charge in [-0.3, -0.25) is 20.3 Å². The summed E-state index contributed by atoms with van der Waals surface area (Å²) in [6, 6.07) is 16.5. The zero-order valence-electron chi connectivity index (χ0n) is 19.8. The van der Waals surface area contributed by atoms with E-state index in [0.29, 0.717) is 17.3 Å². The van der Waals surface area contributed by atoms with Crippen LogP contribution in [-0.2, 0) is 11.2 Å². The van der Waals surface area contributed by atoms with Gasteiger partial charge in [0.05, 0.1) is 16.2 Å². The Morgan fingerprint density at radius 3 is 2.58 bits per heavy atom. The van der Waals surface area contributed by atoms with Crippen molar-refractivity contribution in [1.82, 2.24) is 9.58 Å². The summed E-state index contributed by atoms with van der Waals surface area (Å²) in [5.74, 6) is -0.525. The second-order valence-electron chi connectivity index (χ2n) is 8.57. The highest BCUT2D eigenvalue weighted by Crippen LogP contribution is 2.32. The number of nitro benzene ring substituents is 1. The van der Waals surface area contributed by atoms with E-state index in [1.54, 1.807) is 18.2 Å². The number of aromatic nitrogens is 1. The van der Waals surface area contributed by atoms with Gasteiger partial charge in [-0.1, -0.05) is 36.4 Å². The molecule has 0 saturated carbocycles. The second kappa shape index (κ2) is 9.04. The molecule has 1 amide bonds. The van der Waals surface area contributed by atoms with Gasteiger partial charge in [0.2, 0.25) is 5.17 Å². The lowest BCUT2D eigenvalue weighted by Crippen LogP contribution is -2.35. The van der Waals surface area contributed by atoms with Crippen molar-refractivity contribution in [1.29, 1.82) is 5.41 Å². The van der Waals surface area contributed by atoms with E-state index in [1.807, 2.05) is 61.7 Å². The van der Waals surface area contributed by atoms with Gasteiger partial charge in [0, 0.05) is 29.9 Å². The highest BCUT2D eigenvalue weighted by Gasteiger charge is 2.35. The van der Waals surface area contributed by atoms with Gasteiger partial charge in [-0.05, 0) is 61.4 Å². The molecule has 1 aromatic heterocycles. The molecule has 9 nitrogen and oxygen atoms in total.